The summed E-state index contributed by atoms with van der Waals surface area (Å²) in [6.07, 6.45) is 1.07. The number of amides is 1. The van der Waals surface area contributed by atoms with E-state index in [1.54, 1.807) is 0 Å². The predicted octanol–water partition coefficient (Wildman–Crippen LogP) is 1.25. The summed E-state index contributed by atoms with van der Waals surface area (Å²) in [5.41, 5.74) is 1.32. The summed E-state index contributed by atoms with van der Waals surface area (Å²) < 4.78 is 0. The SMILES string of the molecule is CC(CNC(=O)CNC1(C)CCNC1)c1ccccc1. The predicted molar refractivity (Wildman–Crippen MR) is 81.8 cm³/mol. The molecule has 1 aromatic carbocycles. The van der Waals surface area contributed by atoms with Crippen LogP contribution in [0.4, 0.5) is 0 Å². The third-order valence-corrected chi connectivity index (χ3v) is 4.02. The Morgan fingerprint density at radius 2 is 2.15 bits per heavy atom. The van der Waals surface area contributed by atoms with Crippen LogP contribution in [-0.2, 0) is 4.79 Å². The minimum Gasteiger partial charge on any atom is -0.354 e. The maximum absolute atomic E-state index is 11.9. The highest BCUT2D eigenvalue weighted by Crippen LogP contribution is 2.13. The van der Waals surface area contributed by atoms with Gasteiger partial charge in [-0.1, -0.05) is 37.3 Å². The van der Waals surface area contributed by atoms with Gasteiger partial charge in [0.15, 0.2) is 0 Å². The molecule has 1 saturated heterocycles. The van der Waals surface area contributed by atoms with E-state index in [-0.39, 0.29) is 11.4 Å². The fourth-order valence-electron chi connectivity index (χ4n) is 2.49. The van der Waals surface area contributed by atoms with E-state index >= 15 is 0 Å². The molecule has 0 bridgehead atoms. The van der Waals surface area contributed by atoms with Crippen molar-refractivity contribution in [3.63, 3.8) is 0 Å². The zero-order valence-corrected chi connectivity index (χ0v) is 12.4. The van der Waals surface area contributed by atoms with Crippen LogP contribution < -0.4 is 16.0 Å². The molecule has 3 N–H and O–H groups in total. The molecule has 0 aromatic heterocycles. The Labute approximate surface area is 121 Å². The second-order valence-corrected chi connectivity index (χ2v) is 5.96. The van der Waals surface area contributed by atoms with Gasteiger partial charge in [0.2, 0.25) is 5.91 Å². The zero-order chi connectivity index (χ0) is 14.4. The molecule has 4 heteroatoms. The van der Waals surface area contributed by atoms with Gasteiger partial charge in [0, 0.05) is 18.6 Å². The Kier molecular flexibility index (Phi) is 5.15. The van der Waals surface area contributed by atoms with Gasteiger partial charge in [0.25, 0.3) is 0 Å². The van der Waals surface area contributed by atoms with Crippen molar-refractivity contribution in [1.29, 1.82) is 0 Å². The van der Waals surface area contributed by atoms with Gasteiger partial charge >= 0.3 is 0 Å². The molecule has 1 heterocycles. The maximum Gasteiger partial charge on any atom is 0.233 e. The summed E-state index contributed by atoms with van der Waals surface area (Å²) in [6, 6.07) is 10.3. The highest BCUT2D eigenvalue weighted by molar-refractivity contribution is 5.78. The van der Waals surface area contributed by atoms with Crippen LogP contribution in [0.25, 0.3) is 0 Å². The first-order valence-electron chi connectivity index (χ1n) is 7.36. The van der Waals surface area contributed by atoms with Gasteiger partial charge in [0.05, 0.1) is 6.54 Å². The Bertz CT molecular complexity index is 427. The molecule has 20 heavy (non-hydrogen) atoms. The monoisotopic (exact) mass is 275 g/mol. The largest absolute Gasteiger partial charge is 0.354 e. The highest BCUT2D eigenvalue weighted by atomic mass is 16.1. The fraction of sp³-hybridized carbons (Fsp3) is 0.562. The summed E-state index contributed by atoms with van der Waals surface area (Å²) in [6.45, 7) is 7.31. The van der Waals surface area contributed by atoms with Gasteiger partial charge < -0.3 is 16.0 Å². The number of hydrogen-bond acceptors (Lipinski definition) is 3. The fourth-order valence-corrected chi connectivity index (χ4v) is 2.49. The Hall–Kier alpha value is -1.39. The third kappa shape index (κ3) is 4.32. The first kappa shape index (κ1) is 15.0. The van der Waals surface area contributed by atoms with E-state index < -0.39 is 0 Å². The number of benzene rings is 1. The van der Waals surface area contributed by atoms with Gasteiger partial charge in [-0.2, -0.15) is 0 Å². The maximum atomic E-state index is 11.9. The van der Waals surface area contributed by atoms with Crippen molar-refractivity contribution in [2.75, 3.05) is 26.2 Å². The molecule has 1 aromatic rings. The number of hydrogen-bond donors (Lipinski definition) is 3. The standard InChI is InChI=1S/C16H25N3O/c1-13(14-6-4-3-5-7-14)10-18-15(20)11-19-16(2)8-9-17-12-16/h3-7,13,17,19H,8-12H2,1-2H3,(H,18,20). The van der Waals surface area contributed by atoms with Crippen LogP contribution in [0, 0.1) is 0 Å². The van der Waals surface area contributed by atoms with E-state index in [0.717, 1.165) is 19.5 Å². The topological polar surface area (TPSA) is 53.2 Å². The molecule has 4 nitrogen and oxygen atoms in total. The highest BCUT2D eigenvalue weighted by Gasteiger charge is 2.28. The molecule has 0 spiro atoms. The molecule has 0 radical (unpaired) electrons. The normalized spacial score (nSPS) is 23.5. The molecule has 0 aliphatic carbocycles. The van der Waals surface area contributed by atoms with Gasteiger partial charge in [-0.25, -0.2) is 0 Å². The summed E-state index contributed by atoms with van der Waals surface area (Å²) in [4.78, 5) is 11.9. The summed E-state index contributed by atoms with van der Waals surface area (Å²) in [5, 5.41) is 9.66. The third-order valence-electron chi connectivity index (χ3n) is 4.02. The molecular formula is C16H25N3O. The molecular weight excluding hydrogens is 250 g/mol. The van der Waals surface area contributed by atoms with Crippen molar-refractivity contribution in [2.45, 2.75) is 31.7 Å². The van der Waals surface area contributed by atoms with Crippen LogP contribution in [-0.4, -0.2) is 37.6 Å². The lowest BCUT2D eigenvalue weighted by Crippen LogP contribution is -2.48. The van der Waals surface area contributed by atoms with Crippen LogP contribution in [0.1, 0.15) is 31.7 Å². The lowest BCUT2D eigenvalue weighted by molar-refractivity contribution is -0.120. The van der Waals surface area contributed by atoms with Crippen molar-refractivity contribution in [2.24, 2.45) is 0 Å². The van der Waals surface area contributed by atoms with Crippen LogP contribution in [0.2, 0.25) is 0 Å². The molecule has 1 aliphatic heterocycles. The van der Waals surface area contributed by atoms with Gasteiger partial charge in [0.1, 0.15) is 0 Å². The van der Waals surface area contributed by atoms with Crippen LogP contribution in [0.5, 0.6) is 0 Å². The smallest absolute Gasteiger partial charge is 0.233 e. The van der Waals surface area contributed by atoms with Crippen LogP contribution >= 0.6 is 0 Å². The molecule has 110 valence electrons. The minimum atomic E-state index is 0.0579. The molecule has 2 atom stereocenters. The first-order chi connectivity index (χ1) is 9.59. The summed E-state index contributed by atoms with van der Waals surface area (Å²) >= 11 is 0. The van der Waals surface area contributed by atoms with E-state index in [9.17, 15) is 4.79 Å². The molecule has 0 saturated carbocycles. The lowest BCUT2D eigenvalue weighted by atomic mass is 10.0. The molecule has 1 amide bonds. The van der Waals surface area contributed by atoms with E-state index in [1.807, 2.05) is 18.2 Å². The van der Waals surface area contributed by atoms with Crippen molar-refractivity contribution >= 4 is 5.91 Å². The quantitative estimate of drug-likeness (QED) is 0.732. The number of nitrogens with one attached hydrogen (secondary N) is 3. The van der Waals surface area contributed by atoms with E-state index in [2.05, 4.69) is 41.9 Å². The second kappa shape index (κ2) is 6.86. The summed E-state index contributed by atoms with van der Waals surface area (Å²) in [5.74, 6) is 0.407. The average molecular weight is 275 g/mol. The second-order valence-electron chi connectivity index (χ2n) is 5.96. The number of carbonyl (C=O) groups is 1. The van der Waals surface area contributed by atoms with Crippen molar-refractivity contribution in [3.8, 4) is 0 Å². The Morgan fingerprint density at radius 3 is 2.80 bits per heavy atom. The molecule has 1 fully saturated rings. The zero-order valence-electron chi connectivity index (χ0n) is 12.4. The summed E-state index contributed by atoms with van der Waals surface area (Å²) in [7, 11) is 0. The Morgan fingerprint density at radius 1 is 1.40 bits per heavy atom. The van der Waals surface area contributed by atoms with Crippen molar-refractivity contribution < 1.29 is 4.79 Å². The molecule has 1 aliphatic rings. The van der Waals surface area contributed by atoms with E-state index in [1.165, 1.54) is 5.56 Å². The first-order valence-corrected chi connectivity index (χ1v) is 7.36. The lowest BCUT2D eigenvalue weighted by Gasteiger charge is -2.24. The minimum absolute atomic E-state index is 0.0579. The number of rotatable bonds is 6. The van der Waals surface area contributed by atoms with E-state index in [0.29, 0.717) is 19.0 Å². The molecule has 2 unspecified atom stereocenters. The van der Waals surface area contributed by atoms with Crippen LogP contribution in [0.15, 0.2) is 30.3 Å². The van der Waals surface area contributed by atoms with Gasteiger partial charge in [-0.3, -0.25) is 4.79 Å². The van der Waals surface area contributed by atoms with Gasteiger partial charge in [-0.15, -0.1) is 0 Å². The average Bonchev–Trinajstić information content (AvgIpc) is 2.91. The molecule has 2 rings (SSSR count). The Balaban J connectivity index is 1.70. The van der Waals surface area contributed by atoms with Crippen molar-refractivity contribution in [1.82, 2.24) is 16.0 Å². The van der Waals surface area contributed by atoms with E-state index in [4.69, 9.17) is 0 Å². The number of carbonyl (C=O) groups excluding carboxylic acids is 1. The van der Waals surface area contributed by atoms with Crippen molar-refractivity contribution in [3.05, 3.63) is 35.9 Å². The van der Waals surface area contributed by atoms with Crippen LogP contribution in [0.3, 0.4) is 0 Å². The van der Waals surface area contributed by atoms with Gasteiger partial charge in [-0.05, 0) is 31.4 Å².